The summed E-state index contributed by atoms with van der Waals surface area (Å²) in [6.07, 6.45) is -4.02. The highest BCUT2D eigenvalue weighted by Gasteiger charge is 2.60. The van der Waals surface area contributed by atoms with Crippen LogP contribution in [0.3, 0.4) is 0 Å². The first-order valence-corrected chi connectivity index (χ1v) is 9.50. The maximum absolute atomic E-state index is 12.5. The number of aliphatic carboxylic acids is 2. The first-order valence-electron chi connectivity index (χ1n) is 9.50. The molecule has 14 nitrogen and oxygen atoms in total. The van der Waals surface area contributed by atoms with Crippen LogP contribution in [-0.4, -0.2) is 80.0 Å². The molecule has 2 aliphatic heterocycles. The second kappa shape index (κ2) is 9.98. The number of amides is 4. The minimum atomic E-state index is -2.79. The largest absolute Gasteiger partial charge is 0.481 e. The molecule has 0 aromatic rings. The van der Waals surface area contributed by atoms with E-state index in [0.717, 1.165) is 0 Å². The van der Waals surface area contributed by atoms with Crippen molar-refractivity contribution >= 4 is 47.5 Å². The highest BCUT2D eigenvalue weighted by atomic mass is 16.6. The van der Waals surface area contributed by atoms with Crippen molar-refractivity contribution in [3.63, 3.8) is 0 Å². The van der Waals surface area contributed by atoms with Crippen LogP contribution in [0.15, 0.2) is 0 Å². The lowest BCUT2D eigenvalue weighted by Crippen LogP contribution is -2.68. The van der Waals surface area contributed by atoms with Gasteiger partial charge in [0.15, 0.2) is 6.61 Å². The molecule has 2 aliphatic rings. The fourth-order valence-electron chi connectivity index (χ4n) is 3.18. The maximum atomic E-state index is 12.5. The number of rotatable bonds is 11. The number of carbonyl (C=O) groups excluding carboxylic acids is 6. The molecule has 0 atom stereocenters. The number of hydrogen-bond acceptors (Lipinski definition) is 10. The Labute approximate surface area is 180 Å². The summed E-state index contributed by atoms with van der Waals surface area (Å²) in [5.74, 6) is -11.6. The minimum Gasteiger partial charge on any atom is -0.481 e. The second-order valence-electron chi connectivity index (χ2n) is 6.91. The van der Waals surface area contributed by atoms with Crippen LogP contribution in [0, 0.1) is 0 Å². The molecule has 0 aliphatic carbocycles. The van der Waals surface area contributed by atoms with E-state index in [4.69, 9.17) is 19.7 Å². The van der Waals surface area contributed by atoms with E-state index >= 15 is 0 Å². The molecule has 14 heteroatoms. The van der Waals surface area contributed by atoms with Crippen molar-refractivity contribution in [2.45, 2.75) is 57.2 Å². The lowest BCUT2D eigenvalue weighted by molar-refractivity contribution is -0.241. The zero-order chi connectivity index (χ0) is 24.1. The van der Waals surface area contributed by atoms with Crippen LogP contribution >= 0.6 is 0 Å². The van der Waals surface area contributed by atoms with Gasteiger partial charge in [-0.25, -0.2) is 9.80 Å². The average Bonchev–Trinajstić information content (AvgIpc) is 3.23. The van der Waals surface area contributed by atoms with Gasteiger partial charge >= 0.3 is 29.7 Å². The Hall–Kier alpha value is -3.84. The first-order chi connectivity index (χ1) is 15.0. The molecule has 2 heterocycles. The molecule has 2 N–H and O–H groups in total. The summed E-state index contributed by atoms with van der Waals surface area (Å²) >= 11 is 0. The fraction of sp³-hybridized carbons (Fsp3) is 0.556. The van der Waals surface area contributed by atoms with Gasteiger partial charge in [-0.15, -0.1) is 0 Å². The van der Waals surface area contributed by atoms with Crippen molar-refractivity contribution in [2.75, 3.05) is 6.61 Å². The van der Waals surface area contributed by atoms with Gasteiger partial charge in [0, 0.05) is 25.7 Å². The zero-order valence-electron chi connectivity index (χ0n) is 16.7. The predicted molar refractivity (Wildman–Crippen MR) is 95.7 cm³/mol. The van der Waals surface area contributed by atoms with Crippen molar-refractivity contribution in [3.8, 4) is 0 Å². The fourth-order valence-corrected chi connectivity index (χ4v) is 3.18. The Morgan fingerprint density at radius 3 is 1.44 bits per heavy atom. The quantitative estimate of drug-likeness (QED) is 0.277. The van der Waals surface area contributed by atoms with Crippen LogP contribution in [0.25, 0.3) is 0 Å². The van der Waals surface area contributed by atoms with Crippen molar-refractivity contribution < 1.29 is 58.0 Å². The third-order valence-electron chi connectivity index (χ3n) is 4.59. The number of imide groups is 2. The van der Waals surface area contributed by atoms with Gasteiger partial charge in [0.1, 0.15) is 0 Å². The highest BCUT2D eigenvalue weighted by Crippen LogP contribution is 2.34. The zero-order valence-corrected chi connectivity index (χ0v) is 16.7. The Morgan fingerprint density at radius 2 is 1.06 bits per heavy atom. The van der Waals surface area contributed by atoms with Crippen LogP contribution in [0.1, 0.15) is 51.4 Å². The number of carboxylic acids is 2. The van der Waals surface area contributed by atoms with E-state index in [0.29, 0.717) is 9.80 Å². The second-order valence-corrected chi connectivity index (χ2v) is 6.91. The third-order valence-corrected chi connectivity index (χ3v) is 4.59. The van der Waals surface area contributed by atoms with Crippen LogP contribution in [0.2, 0.25) is 0 Å². The van der Waals surface area contributed by atoms with E-state index in [1.54, 1.807) is 0 Å². The topological polar surface area (TPSA) is 202 Å². The van der Waals surface area contributed by atoms with E-state index < -0.39 is 85.6 Å². The van der Waals surface area contributed by atoms with Gasteiger partial charge in [-0.1, -0.05) is 0 Å². The predicted octanol–water partition coefficient (Wildman–Crippen LogP) is -1.25. The SMILES string of the molecule is O=C(O)CCC(=O)OCC(OC(=O)CCC(=O)O)(N1C(=O)CCC1=O)N1C(=O)CCC1=O. The Bertz CT molecular complexity index is 811. The summed E-state index contributed by atoms with van der Waals surface area (Å²) in [7, 11) is 0. The number of esters is 2. The number of hydrogen-bond donors (Lipinski definition) is 2. The van der Waals surface area contributed by atoms with Crippen molar-refractivity contribution in [1.82, 2.24) is 9.80 Å². The van der Waals surface area contributed by atoms with Crippen LogP contribution < -0.4 is 0 Å². The van der Waals surface area contributed by atoms with Gasteiger partial charge in [-0.3, -0.25) is 38.4 Å². The molecular formula is C18H20N2O12. The highest BCUT2D eigenvalue weighted by molar-refractivity contribution is 6.07. The number of nitrogens with zero attached hydrogens (tertiary/aromatic N) is 2. The number of ether oxygens (including phenoxy) is 2. The van der Waals surface area contributed by atoms with Gasteiger partial charge in [-0.2, -0.15) is 0 Å². The minimum absolute atomic E-state index is 0.337. The Balaban J connectivity index is 2.45. The molecule has 0 spiro atoms. The van der Waals surface area contributed by atoms with Crippen LogP contribution in [0.5, 0.6) is 0 Å². The summed E-state index contributed by atoms with van der Waals surface area (Å²) in [5, 5.41) is 17.4. The number of likely N-dealkylation sites (tertiary alicyclic amines) is 2. The molecule has 0 aromatic heterocycles. The number of carbonyl (C=O) groups is 8. The first kappa shape index (κ1) is 24.4. The van der Waals surface area contributed by atoms with Crippen LogP contribution in [-0.2, 0) is 47.8 Å². The van der Waals surface area contributed by atoms with Crippen LogP contribution in [0.4, 0.5) is 0 Å². The van der Waals surface area contributed by atoms with Gasteiger partial charge in [0.2, 0.25) is 23.6 Å². The summed E-state index contributed by atoms with van der Waals surface area (Å²) in [6.45, 7) is -1.15. The lowest BCUT2D eigenvalue weighted by Gasteiger charge is -2.43. The van der Waals surface area contributed by atoms with Gasteiger partial charge in [0.25, 0.3) is 0 Å². The Kier molecular flexibility index (Phi) is 7.62. The molecular weight excluding hydrogens is 436 g/mol. The Morgan fingerprint density at radius 1 is 0.688 bits per heavy atom. The van der Waals surface area contributed by atoms with E-state index in [2.05, 4.69) is 0 Å². The summed E-state index contributed by atoms with van der Waals surface area (Å²) in [4.78, 5) is 96.3. The van der Waals surface area contributed by atoms with Crippen molar-refractivity contribution in [1.29, 1.82) is 0 Å². The molecule has 2 rings (SSSR count). The molecule has 2 saturated heterocycles. The molecule has 0 saturated carbocycles. The van der Waals surface area contributed by atoms with E-state index in [1.165, 1.54) is 0 Å². The summed E-state index contributed by atoms with van der Waals surface area (Å²) in [6, 6.07) is 0. The molecule has 0 radical (unpaired) electrons. The molecule has 32 heavy (non-hydrogen) atoms. The molecule has 0 unspecified atom stereocenters. The third kappa shape index (κ3) is 5.44. The van der Waals surface area contributed by atoms with Gasteiger partial charge in [-0.05, 0) is 0 Å². The summed E-state index contributed by atoms with van der Waals surface area (Å²) in [5.41, 5.74) is 0. The average molecular weight is 456 g/mol. The molecule has 0 bridgehead atoms. The smallest absolute Gasteiger partial charge is 0.319 e. The normalized spacial score (nSPS) is 16.5. The molecule has 174 valence electrons. The molecule has 2 fully saturated rings. The van der Waals surface area contributed by atoms with Crippen molar-refractivity contribution in [3.05, 3.63) is 0 Å². The maximum Gasteiger partial charge on any atom is 0.319 e. The van der Waals surface area contributed by atoms with Gasteiger partial charge in [0.05, 0.1) is 25.7 Å². The van der Waals surface area contributed by atoms with E-state index in [-0.39, 0.29) is 25.7 Å². The molecule has 0 aromatic carbocycles. The summed E-state index contributed by atoms with van der Waals surface area (Å²) < 4.78 is 10.1. The lowest BCUT2D eigenvalue weighted by atomic mass is 10.2. The monoisotopic (exact) mass is 456 g/mol. The standard InChI is InChI=1S/C18H20N2O12/c21-10-1-2-11(22)19(10)18(20-12(23)3-4-13(20)24,32-17(30)8-6-15(27)28)9-31-16(29)7-5-14(25)26/h1-9H2,(H,25,26)(H,27,28). The van der Waals surface area contributed by atoms with E-state index in [9.17, 15) is 38.4 Å². The number of carboxylic acid groups (broad SMARTS) is 2. The van der Waals surface area contributed by atoms with E-state index in [1.807, 2.05) is 0 Å². The van der Waals surface area contributed by atoms with Crippen molar-refractivity contribution in [2.24, 2.45) is 0 Å². The van der Waals surface area contributed by atoms with Gasteiger partial charge < -0.3 is 19.7 Å². The molecule has 4 amide bonds.